The minimum atomic E-state index is -0.0385. The number of benzene rings is 4. The smallest absolute Gasteiger partial charge is 0.158 e. The molecule has 4 heteroatoms. The molecule has 4 aromatic carbocycles. The quantitative estimate of drug-likeness (QED) is 0.138. The predicted molar refractivity (Wildman–Crippen MR) is 164 cm³/mol. The van der Waals surface area contributed by atoms with Gasteiger partial charge in [0.05, 0.1) is 12.3 Å². The third kappa shape index (κ3) is 7.52. The highest BCUT2D eigenvalue weighted by atomic mass is 79.9. The van der Waals surface area contributed by atoms with Crippen LogP contribution in [0.5, 0.6) is 5.75 Å². The molecule has 0 saturated heterocycles. The van der Waals surface area contributed by atoms with Crippen molar-refractivity contribution in [3.8, 4) is 17.6 Å². The summed E-state index contributed by atoms with van der Waals surface area (Å²) in [6, 6.07) is 29.1. The van der Waals surface area contributed by atoms with Gasteiger partial charge in [0.2, 0.25) is 0 Å². The fourth-order valence-electron chi connectivity index (χ4n) is 4.76. The van der Waals surface area contributed by atoms with Crippen LogP contribution in [0, 0.1) is 11.8 Å². The number of hydrogen-bond acceptors (Lipinski definition) is 3. The van der Waals surface area contributed by atoms with Gasteiger partial charge in [-0.25, -0.2) is 0 Å². The van der Waals surface area contributed by atoms with Crippen molar-refractivity contribution in [1.29, 1.82) is 0 Å². The molecule has 0 spiro atoms. The van der Waals surface area contributed by atoms with Gasteiger partial charge in [-0.05, 0) is 76.9 Å². The summed E-state index contributed by atoms with van der Waals surface area (Å²) in [4.78, 5) is 5.70. The highest BCUT2D eigenvalue weighted by Crippen LogP contribution is 2.30. The zero-order valence-electron chi connectivity index (χ0n) is 22.5. The minimum absolute atomic E-state index is 0.0385. The molecule has 0 radical (unpaired) electrons. The van der Waals surface area contributed by atoms with Crippen molar-refractivity contribution >= 4 is 32.4 Å². The molecule has 0 saturated carbocycles. The lowest BCUT2D eigenvalue weighted by Crippen LogP contribution is -2.01. The van der Waals surface area contributed by atoms with Crippen LogP contribution in [-0.4, -0.2) is 12.3 Å². The summed E-state index contributed by atoms with van der Waals surface area (Å²) in [5.41, 5.74) is 5.14. The van der Waals surface area contributed by atoms with E-state index in [4.69, 9.17) is 9.57 Å². The molecule has 1 heterocycles. The van der Waals surface area contributed by atoms with Crippen molar-refractivity contribution in [3.05, 3.63) is 112 Å². The molecule has 1 aliphatic rings. The van der Waals surface area contributed by atoms with Gasteiger partial charge in [-0.1, -0.05) is 108 Å². The average Bonchev–Trinajstić information content (AvgIpc) is 3.46. The van der Waals surface area contributed by atoms with Crippen molar-refractivity contribution in [2.45, 2.75) is 58.0 Å². The van der Waals surface area contributed by atoms with Gasteiger partial charge >= 0.3 is 0 Å². The molecule has 3 nitrogen and oxygen atoms in total. The molecular formula is C35H34BrNO2. The molecule has 5 rings (SSSR count). The summed E-state index contributed by atoms with van der Waals surface area (Å²) in [6.07, 6.45) is 8.35. The third-order valence-electron chi connectivity index (χ3n) is 7.06. The Bertz CT molecular complexity index is 1480. The van der Waals surface area contributed by atoms with Crippen LogP contribution in [0.3, 0.4) is 0 Å². The largest absolute Gasteiger partial charge is 0.494 e. The van der Waals surface area contributed by atoms with Crippen molar-refractivity contribution in [1.82, 2.24) is 0 Å². The number of fused-ring (bicyclic) bond motifs is 1. The van der Waals surface area contributed by atoms with Gasteiger partial charge in [-0.3, -0.25) is 0 Å². The molecule has 0 aromatic heterocycles. The monoisotopic (exact) mass is 579 g/mol. The summed E-state index contributed by atoms with van der Waals surface area (Å²) in [5.74, 6) is 7.55. The first-order chi connectivity index (χ1) is 19.2. The molecule has 198 valence electrons. The number of hydrogen-bond donors (Lipinski definition) is 0. The lowest BCUT2D eigenvalue weighted by molar-refractivity contribution is 0.0857. The number of unbranched alkanes of at least 4 members (excludes halogenated alkanes) is 5. The second-order valence-electron chi connectivity index (χ2n) is 10.1. The van der Waals surface area contributed by atoms with E-state index in [0.717, 1.165) is 57.6 Å². The number of oxime groups is 1. The van der Waals surface area contributed by atoms with Crippen LogP contribution in [0.1, 0.15) is 80.2 Å². The molecule has 1 atom stereocenters. The Balaban J connectivity index is 1.15. The zero-order chi connectivity index (χ0) is 26.9. The van der Waals surface area contributed by atoms with Gasteiger partial charge in [-0.2, -0.15) is 0 Å². The Labute approximate surface area is 240 Å². The van der Waals surface area contributed by atoms with E-state index in [2.05, 4.69) is 101 Å². The zero-order valence-corrected chi connectivity index (χ0v) is 24.0. The fraction of sp³-hybridized carbons (Fsp3) is 0.286. The lowest BCUT2D eigenvalue weighted by Gasteiger charge is -2.08. The van der Waals surface area contributed by atoms with Crippen LogP contribution in [0.15, 0.2) is 94.6 Å². The normalized spacial score (nSPS) is 14.4. The topological polar surface area (TPSA) is 30.8 Å². The van der Waals surface area contributed by atoms with E-state index in [0.29, 0.717) is 0 Å². The number of rotatable bonds is 10. The van der Waals surface area contributed by atoms with Gasteiger partial charge in [0, 0.05) is 22.0 Å². The summed E-state index contributed by atoms with van der Waals surface area (Å²) >= 11 is 3.48. The van der Waals surface area contributed by atoms with Crippen LogP contribution in [-0.2, 0) is 4.84 Å². The average molecular weight is 581 g/mol. The van der Waals surface area contributed by atoms with Crippen LogP contribution in [0.25, 0.3) is 10.8 Å². The Morgan fingerprint density at radius 2 is 1.49 bits per heavy atom. The lowest BCUT2D eigenvalue weighted by atomic mass is 9.99. The first-order valence-corrected chi connectivity index (χ1v) is 14.7. The SMILES string of the molecule is CCCCCCCCOc1ccc2cc(C#Cc3ccc(C4=NOC(c5ccc(Br)cc5)C4)cc3)ccc2c1. The Morgan fingerprint density at radius 1 is 0.795 bits per heavy atom. The van der Waals surface area contributed by atoms with Crippen LogP contribution in [0.4, 0.5) is 0 Å². The summed E-state index contributed by atoms with van der Waals surface area (Å²) in [6.45, 7) is 3.03. The fourth-order valence-corrected chi connectivity index (χ4v) is 5.02. The van der Waals surface area contributed by atoms with Crippen molar-refractivity contribution in [2.24, 2.45) is 5.16 Å². The number of ether oxygens (including phenoxy) is 1. The molecule has 0 fully saturated rings. The minimum Gasteiger partial charge on any atom is -0.494 e. The molecule has 39 heavy (non-hydrogen) atoms. The molecule has 1 unspecified atom stereocenters. The van der Waals surface area contributed by atoms with Crippen molar-refractivity contribution < 1.29 is 9.57 Å². The molecule has 0 amide bonds. The molecule has 0 bridgehead atoms. The number of nitrogens with zero attached hydrogens (tertiary/aromatic N) is 1. The summed E-state index contributed by atoms with van der Waals surface area (Å²) in [5, 5.41) is 6.68. The van der Waals surface area contributed by atoms with Gasteiger partial charge in [0.25, 0.3) is 0 Å². The summed E-state index contributed by atoms with van der Waals surface area (Å²) in [7, 11) is 0. The van der Waals surface area contributed by atoms with Crippen LogP contribution >= 0.6 is 15.9 Å². The molecule has 1 aliphatic heterocycles. The third-order valence-corrected chi connectivity index (χ3v) is 7.59. The number of halogens is 1. The maximum atomic E-state index is 5.99. The first kappa shape index (κ1) is 27.0. The van der Waals surface area contributed by atoms with E-state index in [1.807, 2.05) is 24.3 Å². The van der Waals surface area contributed by atoms with E-state index in [-0.39, 0.29) is 6.10 Å². The van der Waals surface area contributed by atoms with Crippen LogP contribution < -0.4 is 4.74 Å². The predicted octanol–water partition coefficient (Wildman–Crippen LogP) is 9.61. The van der Waals surface area contributed by atoms with Crippen molar-refractivity contribution in [3.63, 3.8) is 0 Å². The maximum absolute atomic E-state index is 5.99. The van der Waals surface area contributed by atoms with Gasteiger partial charge in [0.1, 0.15) is 5.75 Å². The van der Waals surface area contributed by atoms with E-state index in [1.165, 1.54) is 42.9 Å². The Morgan fingerprint density at radius 3 is 2.31 bits per heavy atom. The van der Waals surface area contributed by atoms with Gasteiger partial charge in [0.15, 0.2) is 6.10 Å². The highest BCUT2D eigenvalue weighted by Gasteiger charge is 2.23. The van der Waals surface area contributed by atoms with Crippen LogP contribution in [0.2, 0.25) is 0 Å². The molecular weight excluding hydrogens is 546 g/mol. The standard InChI is InChI=1S/C35H34BrNO2/c1-2-3-4-5-6-7-22-38-33-21-18-30-23-27(12-15-31(30)24-33)9-8-26-10-13-28(14-11-26)34-25-35(39-37-34)29-16-19-32(36)20-17-29/h10-21,23-24,35H,2-7,22,25H2,1H3. The van der Waals surface area contributed by atoms with E-state index >= 15 is 0 Å². The van der Waals surface area contributed by atoms with E-state index < -0.39 is 0 Å². The van der Waals surface area contributed by atoms with E-state index in [1.54, 1.807) is 0 Å². The maximum Gasteiger partial charge on any atom is 0.158 e. The second kappa shape index (κ2) is 13.5. The van der Waals surface area contributed by atoms with Crippen molar-refractivity contribution in [2.75, 3.05) is 6.61 Å². The summed E-state index contributed by atoms with van der Waals surface area (Å²) < 4.78 is 7.05. The second-order valence-corrected chi connectivity index (χ2v) is 11.0. The first-order valence-electron chi connectivity index (χ1n) is 14.0. The van der Waals surface area contributed by atoms with E-state index in [9.17, 15) is 0 Å². The molecule has 0 aliphatic carbocycles. The highest BCUT2D eigenvalue weighted by molar-refractivity contribution is 9.10. The van der Waals surface area contributed by atoms with Gasteiger partial charge < -0.3 is 9.57 Å². The molecule has 4 aromatic rings. The molecule has 0 N–H and O–H groups in total. The Kier molecular flexibility index (Phi) is 9.35. The Hall–Kier alpha value is -3.55. The van der Waals surface area contributed by atoms with Gasteiger partial charge in [-0.15, -0.1) is 0 Å².